The summed E-state index contributed by atoms with van der Waals surface area (Å²) in [7, 11) is 3.13. The topological polar surface area (TPSA) is 76.1 Å². The summed E-state index contributed by atoms with van der Waals surface area (Å²) in [4.78, 5) is 26.1. The van der Waals surface area contributed by atoms with E-state index in [0.29, 0.717) is 30.4 Å². The van der Waals surface area contributed by atoms with Crippen LogP contribution in [0.4, 0.5) is 0 Å². The number of carboxylic acids is 1. The van der Waals surface area contributed by atoms with Gasteiger partial charge in [0.1, 0.15) is 0 Å². The highest BCUT2D eigenvalue weighted by molar-refractivity contribution is 5.81. The number of methoxy groups -OCH3 is 2. The summed E-state index contributed by atoms with van der Waals surface area (Å²) in [6, 6.07) is 3.26. The second kappa shape index (κ2) is 6.94. The Morgan fingerprint density at radius 2 is 1.88 bits per heavy atom. The molecule has 0 saturated heterocycles. The molecule has 1 fully saturated rings. The maximum Gasteiger partial charge on any atom is 0.305 e. The Bertz CT molecular complexity index is 683. The minimum absolute atomic E-state index is 0.0435. The van der Waals surface area contributed by atoms with Gasteiger partial charge in [0.05, 0.1) is 26.7 Å². The Labute approximate surface area is 147 Å². The van der Waals surface area contributed by atoms with Gasteiger partial charge in [-0.2, -0.15) is 0 Å². The number of carbonyl (C=O) groups is 2. The quantitative estimate of drug-likeness (QED) is 0.856. The van der Waals surface area contributed by atoms with Gasteiger partial charge in [-0.3, -0.25) is 9.59 Å². The summed E-state index contributed by atoms with van der Waals surface area (Å²) < 4.78 is 10.7. The Hall–Kier alpha value is -2.24. The third-order valence-corrected chi connectivity index (χ3v) is 5.37. The van der Waals surface area contributed by atoms with Gasteiger partial charge in [-0.1, -0.05) is 6.92 Å². The summed E-state index contributed by atoms with van der Waals surface area (Å²) in [6.07, 6.45) is 2.76. The van der Waals surface area contributed by atoms with Crippen molar-refractivity contribution in [2.24, 2.45) is 11.8 Å². The van der Waals surface area contributed by atoms with Gasteiger partial charge in [0.25, 0.3) is 0 Å². The Balaban J connectivity index is 1.97. The average Bonchev–Trinajstić information content (AvgIpc) is 3.44. The zero-order valence-corrected chi connectivity index (χ0v) is 14.9. The van der Waals surface area contributed by atoms with Gasteiger partial charge in [0.2, 0.25) is 5.91 Å². The molecule has 1 heterocycles. The highest BCUT2D eigenvalue weighted by atomic mass is 16.5. The lowest BCUT2D eigenvalue weighted by molar-refractivity contribution is -0.143. The Morgan fingerprint density at radius 3 is 2.44 bits per heavy atom. The highest BCUT2D eigenvalue weighted by Crippen LogP contribution is 2.42. The number of nitrogens with zero attached hydrogens (tertiary/aromatic N) is 1. The van der Waals surface area contributed by atoms with E-state index < -0.39 is 12.0 Å². The van der Waals surface area contributed by atoms with Crippen molar-refractivity contribution in [1.29, 1.82) is 0 Å². The van der Waals surface area contributed by atoms with Crippen LogP contribution in [0.5, 0.6) is 11.5 Å². The molecule has 25 heavy (non-hydrogen) atoms. The van der Waals surface area contributed by atoms with E-state index in [2.05, 4.69) is 0 Å². The van der Waals surface area contributed by atoms with E-state index >= 15 is 0 Å². The molecular formula is C19H25NO5. The second-order valence-electron chi connectivity index (χ2n) is 6.93. The summed E-state index contributed by atoms with van der Waals surface area (Å²) in [5.74, 6) is 0.740. The van der Waals surface area contributed by atoms with Crippen LogP contribution in [0.25, 0.3) is 0 Å². The average molecular weight is 347 g/mol. The molecule has 0 aromatic heterocycles. The molecule has 1 N–H and O–H groups in total. The first-order chi connectivity index (χ1) is 12.0. The molecule has 0 bridgehead atoms. The third kappa shape index (κ3) is 3.43. The molecule has 0 spiro atoms. The third-order valence-electron chi connectivity index (χ3n) is 5.37. The van der Waals surface area contributed by atoms with Gasteiger partial charge in [0, 0.05) is 12.5 Å². The van der Waals surface area contributed by atoms with Crippen molar-refractivity contribution in [2.75, 3.05) is 20.8 Å². The van der Waals surface area contributed by atoms with Crippen molar-refractivity contribution in [2.45, 2.75) is 38.6 Å². The van der Waals surface area contributed by atoms with E-state index in [1.165, 1.54) is 0 Å². The zero-order valence-electron chi connectivity index (χ0n) is 14.9. The molecule has 2 atom stereocenters. The molecule has 1 amide bonds. The number of amides is 1. The molecule has 1 aromatic carbocycles. The minimum atomic E-state index is -0.912. The number of ether oxygens (including phenoxy) is 2. The van der Waals surface area contributed by atoms with Gasteiger partial charge >= 0.3 is 5.97 Å². The molecule has 136 valence electrons. The lowest BCUT2D eigenvalue weighted by Crippen LogP contribution is -2.43. The maximum atomic E-state index is 12.9. The fourth-order valence-electron chi connectivity index (χ4n) is 3.74. The van der Waals surface area contributed by atoms with E-state index in [0.717, 1.165) is 24.0 Å². The van der Waals surface area contributed by atoms with Crippen LogP contribution in [0.15, 0.2) is 12.1 Å². The molecule has 1 aromatic rings. The van der Waals surface area contributed by atoms with Crippen LogP contribution >= 0.6 is 0 Å². The van der Waals surface area contributed by atoms with Crippen LogP contribution in [0.3, 0.4) is 0 Å². The molecule has 3 rings (SSSR count). The van der Waals surface area contributed by atoms with Crippen molar-refractivity contribution < 1.29 is 24.2 Å². The Kier molecular flexibility index (Phi) is 4.88. The van der Waals surface area contributed by atoms with Crippen LogP contribution in [0.1, 0.15) is 43.4 Å². The number of fused-ring (bicyclic) bond motifs is 1. The van der Waals surface area contributed by atoms with Crippen LogP contribution in [-0.4, -0.2) is 42.6 Å². The van der Waals surface area contributed by atoms with Crippen LogP contribution in [-0.2, 0) is 16.0 Å². The van der Waals surface area contributed by atoms with Crippen LogP contribution in [0.2, 0.25) is 0 Å². The van der Waals surface area contributed by atoms with Crippen LogP contribution < -0.4 is 9.47 Å². The SMILES string of the molecule is COc1cc2c(cc1OC)C(CC(=O)O)N(C(=O)C(C)C1CC1)CC2. The maximum absolute atomic E-state index is 12.9. The standard InChI is InChI=1S/C19H25NO5/c1-11(12-4-5-12)19(23)20-7-6-13-8-16(24-2)17(25-3)9-14(13)15(20)10-18(21)22/h8-9,11-12,15H,4-7,10H2,1-3H3,(H,21,22). The first-order valence-corrected chi connectivity index (χ1v) is 8.73. The first-order valence-electron chi connectivity index (χ1n) is 8.73. The largest absolute Gasteiger partial charge is 0.493 e. The number of hydrogen-bond acceptors (Lipinski definition) is 4. The molecule has 2 aliphatic rings. The molecule has 1 aliphatic heterocycles. The number of rotatable bonds is 6. The molecule has 1 saturated carbocycles. The smallest absolute Gasteiger partial charge is 0.305 e. The van der Waals surface area contributed by atoms with Crippen molar-refractivity contribution in [3.05, 3.63) is 23.3 Å². The Morgan fingerprint density at radius 1 is 1.24 bits per heavy atom. The molecule has 1 aliphatic carbocycles. The second-order valence-corrected chi connectivity index (χ2v) is 6.93. The monoisotopic (exact) mass is 347 g/mol. The molecular weight excluding hydrogens is 322 g/mol. The minimum Gasteiger partial charge on any atom is -0.493 e. The summed E-state index contributed by atoms with van der Waals surface area (Å²) in [6.45, 7) is 2.50. The molecule has 0 radical (unpaired) electrons. The van der Waals surface area contributed by atoms with Crippen molar-refractivity contribution >= 4 is 11.9 Å². The predicted octanol–water partition coefficient (Wildman–Crippen LogP) is 2.65. The van der Waals surface area contributed by atoms with Crippen molar-refractivity contribution in [3.63, 3.8) is 0 Å². The number of hydrogen-bond donors (Lipinski definition) is 1. The first kappa shape index (κ1) is 17.6. The van der Waals surface area contributed by atoms with Gasteiger partial charge < -0.3 is 19.5 Å². The van der Waals surface area contributed by atoms with E-state index in [-0.39, 0.29) is 18.2 Å². The fraction of sp³-hybridized carbons (Fsp3) is 0.579. The lowest BCUT2D eigenvalue weighted by atomic mass is 9.88. The molecule has 6 heteroatoms. The number of carbonyl (C=O) groups excluding carboxylic acids is 1. The van der Waals surface area contributed by atoms with E-state index in [1.807, 2.05) is 19.1 Å². The molecule has 6 nitrogen and oxygen atoms in total. The highest BCUT2D eigenvalue weighted by Gasteiger charge is 2.40. The van der Waals surface area contributed by atoms with Gasteiger partial charge in [-0.05, 0) is 48.4 Å². The van der Waals surface area contributed by atoms with E-state index in [1.54, 1.807) is 19.1 Å². The summed E-state index contributed by atoms with van der Waals surface area (Å²) in [5, 5.41) is 9.38. The lowest BCUT2D eigenvalue weighted by Gasteiger charge is -2.38. The van der Waals surface area contributed by atoms with Gasteiger partial charge in [0.15, 0.2) is 11.5 Å². The predicted molar refractivity (Wildman–Crippen MR) is 91.8 cm³/mol. The number of benzene rings is 1. The van der Waals surface area contributed by atoms with Gasteiger partial charge in [-0.15, -0.1) is 0 Å². The molecule has 2 unspecified atom stereocenters. The van der Waals surface area contributed by atoms with Crippen molar-refractivity contribution in [3.8, 4) is 11.5 Å². The summed E-state index contributed by atoms with van der Waals surface area (Å²) >= 11 is 0. The van der Waals surface area contributed by atoms with E-state index in [4.69, 9.17) is 9.47 Å². The van der Waals surface area contributed by atoms with Crippen LogP contribution in [0, 0.1) is 11.8 Å². The number of aliphatic carboxylic acids is 1. The number of carboxylic acid groups (broad SMARTS) is 1. The zero-order chi connectivity index (χ0) is 18.1. The summed E-state index contributed by atoms with van der Waals surface area (Å²) in [5.41, 5.74) is 1.87. The van der Waals surface area contributed by atoms with E-state index in [9.17, 15) is 14.7 Å². The van der Waals surface area contributed by atoms with Gasteiger partial charge in [-0.25, -0.2) is 0 Å². The van der Waals surface area contributed by atoms with Crippen molar-refractivity contribution in [1.82, 2.24) is 4.90 Å². The fourth-order valence-corrected chi connectivity index (χ4v) is 3.74. The normalized spacial score (nSPS) is 20.6.